The third-order valence-electron chi connectivity index (χ3n) is 3.71. The molecule has 116 valence electrons. The molecule has 1 aliphatic heterocycles. The van der Waals surface area contributed by atoms with Crippen molar-refractivity contribution in [1.82, 2.24) is 14.5 Å². The van der Waals surface area contributed by atoms with Crippen LogP contribution >= 0.6 is 11.8 Å². The van der Waals surface area contributed by atoms with E-state index in [2.05, 4.69) is 15.9 Å². The Morgan fingerprint density at radius 3 is 2.77 bits per heavy atom. The number of fused-ring (bicyclic) bond motifs is 1. The maximum Gasteiger partial charge on any atom is 0.164 e. The first-order chi connectivity index (χ1) is 10.6. The summed E-state index contributed by atoms with van der Waals surface area (Å²) < 4.78 is 7.12. The zero-order valence-corrected chi connectivity index (χ0v) is 12.6. The highest BCUT2D eigenvalue weighted by atomic mass is 32.2. The fourth-order valence-electron chi connectivity index (χ4n) is 2.62. The molecule has 0 amide bonds. The fraction of sp³-hybridized carbons (Fsp3) is 0.429. The van der Waals surface area contributed by atoms with Crippen molar-refractivity contribution < 1.29 is 20.1 Å². The number of terminal acetylenes is 1. The average Bonchev–Trinajstić information content (AvgIpc) is 3.06. The minimum atomic E-state index is -1.19. The molecule has 1 fully saturated rings. The van der Waals surface area contributed by atoms with Crippen molar-refractivity contribution in [3.05, 3.63) is 18.1 Å². The van der Waals surface area contributed by atoms with Crippen molar-refractivity contribution in [2.75, 3.05) is 12.9 Å². The Bertz CT molecular complexity index is 741. The molecule has 4 atom stereocenters. The summed E-state index contributed by atoms with van der Waals surface area (Å²) in [7, 11) is 0. The Hall–Kier alpha value is -1.63. The van der Waals surface area contributed by atoms with Gasteiger partial charge in [-0.3, -0.25) is 0 Å². The lowest BCUT2D eigenvalue weighted by Gasteiger charge is -2.17. The van der Waals surface area contributed by atoms with E-state index in [0.29, 0.717) is 16.6 Å². The first kappa shape index (κ1) is 15.3. The average molecular weight is 321 g/mol. The lowest BCUT2D eigenvalue weighted by atomic mass is 10.1. The van der Waals surface area contributed by atoms with Crippen LogP contribution in [0.5, 0.6) is 0 Å². The lowest BCUT2D eigenvalue weighted by Crippen LogP contribution is -2.33. The Morgan fingerprint density at radius 1 is 1.41 bits per heavy atom. The van der Waals surface area contributed by atoms with E-state index in [4.69, 9.17) is 11.2 Å². The molecule has 1 aliphatic rings. The molecule has 3 rings (SSSR count). The molecule has 3 heterocycles. The number of hydrogen-bond donors (Lipinski definition) is 3. The summed E-state index contributed by atoms with van der Waals surface area (Å²) in [6, 6.07) is 0. The van der Waals surface area contributed by atoms with E-state index in [1.807, 2.05) is 6.26 Å². The third kappa shape index (κ3) is 2.18. The van der Waals surface area contributed by atoms with Gasteiger partial charge in [0.2, 0.25) is 0 Å². The fourth-order valence-corrected chi connectivity index (χ4v) is 3.18. The molecule has 1 saturated heterocycles. The van der Waals surface area contributed by atoms with E-state index in [1.165, 1.54) is 18.1 Å². The summed E-state index contributed by atoms with van der Waals surface area (Å²) in [6.45, 7) is -0.388. The third-order valence-corrected chi connectivity index (χ3v) is 4.41. The second-order valence-corrected chi connectivity index (χ2v) is 5.70. The predicted molar refractivity (Wildman–Crippen MR) is 80.3 cm³/mol. The number of hydrogen-bond acceptors (Lipinski definition) is 7. The molecule has 0 radical (unpaired) electrons. The molecular formula is C14H15N3O4S. The quantitative estimate of drug-likeness (QED) is 0.407. The Labute approximate surface area is 131 Å². The van der Waals surface area contributed by atoms with Gasteiger partial charge in [-0.1, -0.05) is 5.92 Å². The predicted octanol–water partition coefficient (Wildman–Crippen LogP) is -0.254. The van der Waals surface area contributed by atoms with Crippen LogP contribution in [0.25, 0.3) is 11.0 Å². The van der Waals surface area contributed by atoms with Crippen LogP contribution in [0.1, 0.15) is 11.8 Å². The van der Waals surface area contributed by atoms with E-state index in [1.54, 1.807) is 10.8 Å². The molecule has 8 heteroatoms. The summed E-state index contributed by atoms with van der Waals surface area (Å²) >= 11 is 1.44. The van der Waals surface area contributed by atoms with Gasteiger partial charge in [-0.25, -0.2) is 9.97 Å². The second-order valence-electron chi connectivity index (χ2n) is 4.90. The largest absolute Gasteiger partial charge is 0.394 e. The van der Waals surface area contributed by atoms with Crippen molar-refractivity contribution in [3.8, 4) is 12.3 Å². The van der Waals surface area contributed by atoms with Gasteiger partial charge in [0.1, 0.15) is 35.3 Å². The number of rotatable bonds is 3. The smallest absolute Gasteiger partial charge is 0.164 e. The molecule has 0 aliphatic carbocycles. The summed E-state index contributed by atoms with van der Waals surface area (Å²) in [4.78, 5) is 8.41. The normalized spacial score (nSPS) is 28.1. The Balaban J connectivity index is 2.15. The van der Waals surface area contributed by atoms with E-state index < -0.39 is 24.5 Å². The number of aromatic nitrogens is 3. The van der Waals surface area contributed by atoms with E-state index in [9.17, 15) is 15.3 Å². The Kier molecular flexibility index (Phi) is 4.08. The van der Waals surface area contributed by atoms with Crippen LogP contribution in [-0.2, 0) is 4.74 Å². The van der Waals surface area contributed by atoms with Gasteiger partial charge in [0.15, 0.2) is 6.23 Å². The van der Waals surface area contributed by atoms with Crippen LogP contribution in [0.15, 0.2) is 17.6 Å². The SMILES string of the molecule is C#Cc1cn([C@@H]2O[C@H](CO)[C@@H](O)[C@H]2O)c2ncnc(SC)c12. The minimum Gasteiger partial charge on any atom is -0.394 e. The van der Waals surface area contributed by atoms with Gasteiger partial charge in [0, 0.05) is 6.20 Å². The van der Waals surface area contributed by atoms with Gasteiger partial charge >= 0.3 is 0 Å². The van der Waals surface area contributed by atoms with Crippen LogP contribution in [0.3, 0.4) is 0 Å². The van der Waals surface area contributed by atoms with Crippen LogP contribution in [-0.4, -0.2) is 61.0 Å². The molecule has 0 saturated carbocycles. The summed E-state index contributed by atoms with van der Waals surface area (Å²) in [5.74, 6) is 2.58. The maximum atomic E-state index is 10.2. The molecule has 0 unspecified atom stereocenters. The maximum absolute atomic E-state index is 10.2. The molecule has 0 aromatic carbocycles. The number of ether oxygens (including phenoxy) is 1. The number of aliphatic hydroxyl groups excluding tert-OH is 3. The van der Waals surface area contributed by atoms with Crippen molar-refractivity contribution in [2.24, 2.45) is 0 Å². The van der Waals surface area contributed by atoms with Crippen LogP contribution in [0, 0.1) is 12.3 Å². The number of aliphatic hydroxyl groups is 3. The molecule has 3 N–H and O–H groups in total. The highest BCUT2D eigenvalue weighted by Gasteiger charge is 2.44. The molecule has 7 nitrogen and oxygen atoms in total. The molecule has 0 bridgehead atoms. The zero-order valence-electron chi connectivity index (χ0n) is 11.7. The zero-order chi connectivity index (χ0) is 15.9. The Morgan fingerprint density at radius 2 is 2.18 bits per heavy atom. The van der Waals surface area contributed by atoms with Crippen LogP contribution in [0.2, 0.25) is 0 Å². The molecule has 0 spiro atoms. The van der Waals surface area contributed by atoms with E-state index >= 15 is 0 Å². The topological polar surface area (TPSA) is 101 Å². The lowest BCUT2D eigenvalue weighted by molar-refractivity contribution is -0.0508. The van der Waals surface area contributed by atoms with Gasteiger partial charge in [0.05, 0.1) is 17.6 Å². The van der Waals surface area contributed by atoms with Gasteiger partial charge in [-0.2, -0.15) is 0 Å². The van der Waals surface area contributed by atoms with Crippen molar-refractivity contribution in [1.29, 1.82) is 0 Å². The molecular weight excluding hydrogens is 306 g/mol. The van der Waals surface area contributed by atoms with Gasteiger partial charge in [0.25, 0.3) is 0 Å². The van der Waals surface area contributed by atoms with Gasteiger partial charge in [-0.15, -0.1) is 18.2 Å². The monoisotopic (exact) mass is 321 g/mol. The first-order valence-corrected chi connectivity index (χ1v) is 7.83. The van der Waals surface area contributed by atoms with Crippen molar-refractivity contribution in [3.63, 3.8) is 0 Å². The first-order valence-electron chi connectivity index (χ1n) is 6.61. The van der Waals surface area contributed by atoms with Gasteiger partial charge in [-0.05, 0) is 6.26 Å². The minimum absolute atomic E-state index is 0.388. The molecule has 2 aromatic rings. The standard InChI is InChI=1S/C14H15N3O4S/c1-3-7-4-17(12-9(7)13(22-2)16-6-15-12)14-11(20)10(19)8(5-18)21-14/h1,4,6,8,10-11,14,18-20H,5H2,2H3/t8-,10-,11-,14-/m1/s1. The highest BCUT2D eigenvalue weighted by Crippen LogP contribution is 2.35. The van der Waals surface area contributed by atoms with Crippen molar-refractivity contribution >= 4 is 22.8 Å². The summed E-state index contributed by atoms with van der Waals surface area (Å²) in [5.41, 5.74) is 1.10. The second kappa shape index (κ2) is 5.87. The van der Waals surface area contributed by atoms with E-state index in [0.717, 1.165) is 5.03 Å². The number of thioether (sulfide) groups is 1. The highest BCUT2D eigenvalue weighted by molar-refractivity contribution is 7.98. The van der Waals surface area contributed by atoms with Crippen LogP contribution in [0.4, 0.5) is 0 Å². The molecule has 22 heavy (non-hydrogen) atoms. The summed E-state index contributed by atoms with van der Waals surface area (Å²) in [5, 5.41) is 30.7. The van der Waals surface area contributed by atoms with Crippen molar-refractivity contribution in [2.45, 2.75) is 29.6 Å². The number of nitrogens with zero attached hydrogens (tertiary/aromatic N) is 3. The molecule has 2 aromatic heterocycles. The van der Waals surface area contributed by atoms with Gasteiger partial charge < -0.3 is 24.6 Å². The van der Waals surface area contributed by atoms with E-state index in [-0.39, 0.29) is 6.61 Å². The summed E-state index contributed by atoms with van der Waals surface area (Å²) in [6.07, 6.45) is 6.38. The van der Waals surface area contributed by atoms with Crippen LogP contribution < -0.4 is 0 Å².